The van der Waals surface area contributed by atoms with E-state index < -0.39 is 10.0 Å². The molecule has 2 rings (SSSR count). The van der Waals surface area contributed by atoms with Gasteiger partial charge >= 0.3 is 0 Å². The molecule has 2 aromatic rings. The third-order valence-electron chi connectivity index (χ3n) is 2.53. The summed E-state index contributed by atoms with van der Waals surface area (Å²) in [5.74, 6) is 0. The molecule has 0 aromatic carbocycles. The van der Waals surface area contributed by atoms with E-state index in [0.29, 0.717) is 10.7 Å². The average molecular weight is 302 g/mol. The molecule has 0 aliphatic carbocycles. The molecule has 0 bridgehead atoms. The number of aromatic nitrogens is 3. The topological polar surface area (TPSA) is 108 Å². The number of H-pyrrole nitrogens is 1. The number of aryl methyl sites for hydroxylation is 2. The van der Waals surface area contributed by atoms with Crippen molar-refractivity contribution in [1.82, 2.24) is 19.9 Å². The molecular formula is C10H14N4O3S2. The second kappa shape index (κ2) is 5.37. The molecule has 0 amide bonds. The minimum Gasteiger partial charge on any atom is -0.392 e. The number of aromatic amines is 1. The molecule has 0 aliphatic rings. The van der Waals surface area contributed by atoms with Crippen LogP contribution in [0.5, 0.6) is 0 Å². The quantitative estimate of drug-likeness (QED) is 0.743. The van der Waals surface area contributed by atoms with Crippen LogP contribution in [0.4, 0.5) is 0 Å². The first-order chi connectivity index (χ1) is 8.94. The summed E-state index contributed by atoms with van der Waals surface area (Å²) in [6.07, 6.45) is 1.69. The molecule has 3 N–H and O–H groups in total. The summed E-state index contributed by atoms with van der Waals surface area (Å²) < 4.78 is 26.6. The fourth-order valence-electron chi connectivity index (χ4n) is 1.55. The highest BCUT2D eigenvalue weighted by Gasteiger charge is 2.23. The van der Waals surface area contributed by atoms with Crippen LogP contribution in [0.1, 0.15) is 21.1 Å². The van der Waals surface area contributed by atoms with Crippen LogP contribution in [0.15, 0.2) is 11.2 Å². The lowest BCUT2D eigenvalue weighted by Gasteiger charge is -2.04. The summed E-state index contributed by atoms with van der Waals surface area (Å²) in [6.45, 7) is 3.28. The Kier molecular flexibility index (Phi) is 3.99. The number of aliphatic hydroxyl groups is 1. The minimum atomic E-state index is -3.76. The Labute approximate surface area is 114 Å². The fraction of sp³-hybridized carbons (Fsp3) is 0.400. The molecule has 0 unspecified atom stereocenters. The van der Waals surface area contributed by atoms with E-state index in [4.69, 9.17) is 0 Å². The van der Waals surface area contributed by atoms with Crippen LogP contribution in [0.25, 0.3) is 0 Å². The number of thiazole rings is 1. The van der Waals surface area contributed by atoms with Gasteiger partial charge in [0, 0.05) is 22.3 Å². The predicted octanol–water partition coefficient (Wildman–Crippen LogP) is 0.454. The van der Waals surface area contributed by atoms with E-state index in [9.17, 15) is 13.5 Å². The van der Waals surface area contributed by atoms with Crippen molar-refractivity contribution >= 4 is 21.4 Å². The van der Waals surface area contributed by atoms with Gasteiger partial charge in [-0.25, -0.2) is 18.1 Å². The predicted molar refractivity (Wildman–Crippen MR) is 70.1 cm³/mol. The van der Waals surface area contributed by atoms with Gasteiger partial charge in [0.1, 0.15) is 5.01 Å². The largest absolute Gasteiger partial charge is 0.392 e. The number of aliphatic hydroxyl groups excluding tert-OH is 1. The Morgan fingerprint density at radius 1 is 1.47 bits per heavy atom. The monoisotopic (exact) mass is 302 g/mol. The van der Waals surface area contributed by atoms with Crippen molar-refractivity contribution < 1.29 is 13.5 Å². The molecule has 19 heavy (non-hydrogen) atoms. The van der Waals surface area contributed by atoms with E-state index in [2.05, 4.69) is 19.9 Å². The molecule has 2 heterocycles. The summed E-state index contributed by atoms with van der Waals surface area (Å²) in [7, 11) is -3.76. The highest BCUT2D eigenvalue weighted by Crippen LogP contribution is 2.17. The van der Waals surface area contributed by atoms with Crippen molar-refractivity contribution in [3.05, 3.63) is 27.3 Å². The van der Waals surface area contributed by atoms with Crippen LogP contribution in [0, 0.1) is 13.8 Å². The molecule has 0 saturated heterocycles. The van der Waals surface area contributed by atoms with Crippen molar-refractivity contribution in [1.29, 1.82) is 0 Å². The van der Waals surface area contributed by atoms with Crippen molar-refractivity contribution in [2.75, 3.05) is 0 Å². The number of hydrogen-bond acceptors (Lipinski definition) is 6. The van der Waals surface area contributed by atoms with Crippen LogP contribution in [0.3, 0.4) is 0 Å². The first-order valence-electron chi connectivity index (χ1n) is 5.49. The maximum Gasteiger partial charge on any atom is 0.260 e. The first-order valence-corrected chi connectivity index (χ1v) is 7.79. The second-order valence-electron chi connectivity index (χ2n) is 3.98. The second-order valence-corrected chi connectivity index (χ2v) is 6.98. The third-order valence-corrected chi connectivity index (χ3v) is 4.82. The first kappa shape index (κ1) is 14.1. The van der Waals surface area contributed by atoms with Crippen molar-refractivity contribution in [3.8, 4) is 0 Å². The standard InChI is InChI=1S/C10H14N4O3S2/c1-6-3-11-9(18-6)4-12-19(16,17)10-8(5-15)7(2)13-14-10/h3,12,15H,4-5H2,1-2H3,(H,13,14). The summed E-state index contributed by atoms with van der Waals surface area (Å²) in [5, 5.41) is 16.0. The van der Waals surface area contributed by atoms with Gasteiger partial charge < -0.3 is 5.11 Å². The Balaban J connectivity index is 2.18. The molecular weight excluding hydrogens is 288 g/mol. The summed E-state index contributed by atoms with van der Waals surface area (Å²) in [4.78, 5) is 5.09. The van der Waals surface area contributed by atoms with E-state index in [-0.39, 0.29) is 23.7 Å². The van der Waals surface area contributed by atoms with Crippen LogP contribution in [-0.2, 0) is 23.2 Å². The smallest absolute Gasteiger partial charge is 0.260 e. The zero-order valence-corrected chi connectivity index (χ0v) is 12.1. The van der Waals surface area contributed by atoms with Gasteiger partial charge in [-0.2, -0.15) is 5.10 Å². The minimum absolute atomic E-state index is 0.109. The van der Waals surface area contributed by atoms with E-state index in [1.54, 1.807) is 13.1 Å². The number of hydrogen-bond donors (Lipinski definition) is 3. The van der Waals surface area contributed by atoms with E-state index >= 15 is 0 Å². The molecule has 0 fully saturated rings. The molecule has 0 atom stereocenters. The Bertz CT molecular complexity index is 675. The van der Waals surface area contributed by atoms with Gasteiger partial charge in [-0.05, 0) is 13.8 Å². The van der Waals surface area contributed by atoms with Gasteiger partial charge in [0.25, 0.3) is 10.0 Å². The van der Waals surface area contributed by atoms with E-state index in [1.807, 2.05) is 6.92 Å². The lowest BCUT2D eigenvalue weighted by Crippen LogP contribution is -2.24. The summed E-state index contributed by atoms with van der Waals surface area (Å²) in [5.41, 5.74) is 0.816. The normalized spacial score (nSPS) is 11.9. The Morgan fingerprint density at radius 3 is 2.79 bits per heavy atom. The summed E-state index contributed by atoms with van der Waals surface area (Å²) >= 11 is 1.42. The molecule has 104 valence electrons. The highest BCUT2D eigenvalue weighted by molar-refractivity contribution is 7.89. The van der Waals surface area contributed by atoms with Crippen LogP contribution < -0.4 is 4.72 Å². The van der Waals surface area contributed by atoms with Gasteiger partial charge in [0.05, 0.1) is 13.2 Å². The van der Waals surface area contributed by atoms with Crippen LogP contribution in [0.2, 0.25) is 0 Å². The van der Waals surface area contributed by atoms with Crippen molar-refractivity contribution in [3.63, 3.8) is 0 Å². The summed E-state index contributed by atoms with van der Waals surface area (Å²) in [6, 6.07) is 0. The molecule has 0 saturated carbocycles. The number of rotatable bonds is 5. The lowest BCUT2D eigenvalue weighted by atomic mass is 10.3. The lowest BCUT2D eigenvalue weighted by molar-refractivity contribution is 0.277. The zero-order valence-electron chi connectivity index (χ0n) is 10.5. The van der Waals surface area contributed by atoms with E-state index in [0.717, 1.165) is 4.88 Å². The van der Waals surface area contributed by atoms with Gasteiger partial charge in [-0.3, -0.25) is 5.10 Å². The molecule has 0 radical (unpaired) electrons. The molecule has 2 aromatic heterocycles. The number of nitrogens with one attached hydrogen (secondary N) is 2. The van der Waals surface area contributed by atoms with Crippen LogP contribution >= 0.6 is 11.3 Å². The fourth-order valence-corrected chi connectivity index (χ4v) is 3.54. The molecule has 0 spiro atoms. The molecule has 7 nitrogen and oxygen atoms in total. The van der Waals surface area contributed by atoms with Gasteiger partial charge in [0.15, 0.2) is 5.03 Å². The van der Waals surface area contributed by atoms with Crippen molar-refractivity contribution in [2.45, 2.75) is 32.0 Å². The van der Waals surface area contributed by atoms with Gasteiger partial charge in [-0.1, -0.05) is 0 Å². The molecule has 9 heteroatoms. The number of nitrogens with zero attached hydrogens (tertiary/aromatic N) is 2. The van der Waals surface area contributed by atoms with Gasteiger partial charge in [0.2, 0.25) is 0 Å². The Hall–Kier alpha value is -1.29. The third kappa shape index (κ3) is 3.00. The van der Waals surface area contributed by atoms with Gasteiger partial charge in [-0.15, -0.1) is 11.3 Å². The maximum absolute atomic E-state index is 12.1. The SMILES string of the molecule is Cc1cnc(CNS(=O)(=O)c2n[nH]c(C)c2CO)s1. The highest BCUT2D eigenvalue weighted by atomic mass is 32.2. The van der Waals surface area contributed by atoms with Crippen molar-refractivity contribution in [2.24, 2.45) is 0 Å². The van der Waals surface area contributed by atoms with Crippen LogP contribution in [-0.4, -0.2) is 28.7 Å². The maximum atomic E-state index is 12.1. The Morgan fingerprint density at radius 2 is 2.21 bits per heavy atom. The van der Waals surface area contributed by atoms with E-state index in [1.165, 1.54) is 11.3 Å². The average Bonchev–Trinajstić information content (AvgIpc) is 2.93. The number of sulfonamides is 1. The molecule has 0 aliphatic heterocycles. The zero-order chi connectivity index (χ0) is 14.0.